The summed E-state index contributed by atoms with van der Waals surface area (Å²) in [7, 11) is 0. The second-order valence-corrected chi connectivity index (χ2v) is 8.44. The molecule has 0 atom stereocenters. The Kier molecular flexibility index (Phi) is 5.83. The highest BCUT2D eigenvalue weighted by Gasteiger charge is 2.12. The SMILES string of the molecule is c1ccc(-c2nc(-c3ccccc3)nc(-c3cccc(-c4ccc(-c5cccnc5)cc4)c3)n2)cc1. The van der Waals surface area contributed by atoms with Crippen LogP contribution in [0.2, 0.25) is 0 Å². The number of rotatable bonds is 5. The Morgan fingerprint density at radius 1 is 0.333 bits per heavy atom. The fourth-order valence-corrected chi connectivity index (χ4v) is 4.16. The van der Waals surface area contributed by atoms with Gasteiger partial charge in [0.15, 0.2) is 17.5 Å². The van der Waals surface area contributed by atoms with Crippen LogP contribution in [-0.2, 0) is 0 Å². The van der Waals surface area contributed by atoms with Crippen LogP contribution in [0.1, 0.15) is 0 Å². The van der Waals surface area contributed by atoms with Crippen LogP contribution in [0.5, 0.6) is 0 Å². The van der Waals surface area contributed by atoms with Crippen LogP contribution in [0.4, 0.5) is 0 Å². The van der Waals surface area contributed by atoms with E-state index in [1.807, 2.05) is 85.1 Å². The number of hydrogen-bond acceptors (Lipinski definition) is 4. The first-order chi connectivity index (χ1) is 17.8. The van der Waals surface area contributed by atoms with Gasteiger partial charge in [0.25, 0.3) is 0 Å². The van der Waals surface area contributed by atoms with Gasteiger partial charge in [-0.05, 0) is 34.4 Å². The molecule has 0 saturated carbocycles. The fraction of sp³-hybridized carbons (Fsp3) is 0. The molecule has 4 nitrogen and oxygen atoms in total. The third-order valence-electron chi connectivity index (χ3n) is 6.03. The van der Waals surface area contributed by atoms with Crippen molar-refractivity contribution in [2.45, 2.75) is 0 Å². The molecular formula is C32H22N4. The minimum absolute atomic E-state index is 0.650. The Morgan fingerprint density at radius 3 is 1.36 bits per heavy atom. The zero-order chi connectivity index (χ0) is 24.2. The summed E-state index contributed by atoms with van der Waals surface area (Å²) in [5.41, 5.74) is 7.34. The highest BCUT2D eigenvalue weighted by molar-refractivity contribution is 5.74. The molecule has 4 aromatic carbocycles. The van der Waals surface area contributed by atoms with E-state index in [9.17, 15) is 0 Å². The zero-order valence-electron chi connectivity index (χ0n) is 19.5. The lowest BCUT2D eigenvalue weighted by Crippen LogP contribution is -2.00. The summed E-state index contributed by atoms with van der Waals surface area (Å²) in [6.07, 6.45) is 3.67. The molecule has 0 saturated heterocycles. The van der Waals surface area contributed by atoms with E-state index in [4.69, 9.17) is 15.0 Å². The van der Waals surface area contributed by atoms with E-state index in [1.54, 1.807) is 6.20 Å². The van der Waals surface area contributed by atoms with Crippen LogP contribution >= 0.6 is 0 Å². The fourth-order valence-electron chi connectivity index (χ4n) is 4.16. The van der Waals surface area contributed by atoms with Gasteiger partial charge in [-0.25, -0.2) is 15.0 Å². The monoisotopic (exact) mass is 462 g/mol. The van der Waals surface area contributed by atoms with E-state index >= 15 is 0 Å². The Balaban J connectivity index is 1.41. The van der Waals surface area contributed by atoms with Crippen molar-refractivity contribution in [2.24, 2.45) is 0 Å². The highest BCUT2D eigenvalue weighted by atomic mass is 15.0. The average Bonchev–Trinajstić information content (AvgIpc) is 2.98. The molecule has 36 heavy (non-hydrogen) atoms. The predicted molar refractivity (Wildman–Crippen MR) is 145 cm³/mol. The lowest BCUT2D eigenvalue weighted by molar-refractivity contribution is 1.07. The van der Waals surface area contributed by atoms with Crippen LogP contribution in [-0.4, -0.2) is 19.9 Å². The smallest absolute Gasteiger partial charge is 0.164 e. The number of aromatic nitrogens is 4. The van der Waals surface area contributed by atoms with Gasteiger partial charge in [-0.1, -0.05) is 109 Å². The lowest BCUT2D eigenvalue weighted by atomic mass is 9.99. The molecule has 4 heteroatoms. The molecule has 0 radical (unpaired) electrons. The number of benzene rings is 4. The molecule has 0 aliphatic carbocycles. The molecule has 2 aromatic heterocycles. The van der Waals surface area contributed by atoms with Crippen molar-refractivity contribution in [3.63, 3.8) is 0 Å². The molecule has 0 unspecified atom stereocenters. The van der Waals surface area contributed by atoms with Crippen molar-refractivity contribution < 1.29 is 0 Å². The van der Waals surface area contributed by atoms with Crippen molar-refractivity contribution in [1.29, 1.82) is 0 Å². The Morgan fingerprint density at radius 2 is 0.806 bits per heavy atom. The summed E-state index contributed by atoms with van der Waals surface area (Å²) in [5, 5.41) is 0. The maximum Gasteiger partial charge on any atom is 0.164 e. The average molecular weight is 463 g/mol. The van der Waals surface area contributed by atoms with Gasteiger partial charge in [0.05, 0.1) is 0 Å². The molecule has 6 rings (SSSR count). The standard InChI is InChI=1S/C32H22N4/c1-3-9-25(10-4-1)30-34-31(26-11-5-2-6-12-26)36-32(35-30)28-14-7-13-27(21-28)23-16-18-24(19-17-23)29-15-8-20-33-22-29/h1-22H. The second kappa shape index (κ2) is 9.72. The first-order valence-corrected chi connectivity index (χ1v) is 11.8. The first kappa shape index (κ1) is 21.6. The Hall–Kier alpha value is -4.96. The summed E-state index contributed by atoms with van der Waals surface area (Å²) in [5.74, 6) is 1.97. The van der Waals surface area contributed by atoms with Gasteiger partial charge in [0.2, 0.25) is 0 Å². The van der Waals surface area contributed by atoms with Crippen molar-refractivity contribution in [3.05, 3.63) is 134 Å². The van der Waals surface area contributed by atoms with E-state index in [0.29, 0.717) is 17.5 Å². The van der Waals surface area contributed by atoms with Crippen LogP contribution in [0, 0.1) is 0 Å². The molecule has 0 aliphatic heterocycles. The van der Waals surface area contributed by atoms with Gasteiger partial charge in [-0.3, -0.25) is 4.98 Å². The maximum absolute atomic E-state index is 4.86. The molecular weight excluding hydrogens is 440 g/mol. The predicted octanol–water partition coefficient (Wildman–Crippen LogP) is 7.60. The molecule has 0 bridgehead atoms. The van der Waals surface area contributed by atoms with Gasteiger partial charge in [0, 0.05) is 29.1 Å². The molecule has 6 aromatic rings. The summed E-state index contributed by atoms with van der Waals surface area (Å²) in [6, 6.07) is 41.0. The summed E-state index contributed by atoms with van der Waals surface area (Å²) in [4.78, 5) is 18.7. The summed E-state index contributed by atoms with van der Waals surface area (Å²) in [6.45, 7) is 0. The van der Waals surface area contributed by atoms with Crippen molar-refractivity contribution in [1.82, 2.24) is 19.9 Å². The summed E-state index contributed by atoms with van der Waals surface area (Å²) < 4.78 is 0. The zero-order valence-corrected chi connectivity index (χ0v) is 19.5. The topological polar surface area (TPSA) is 51.6 Å². The largest absolute Gasteiger partial charge is 0.264 e. The molecule has 0 amide bonds. The third-order valence-corrected chi connectivity index (χ3v) is 6.03. The molecule has 2 heterocycles. The van der Waals surface area contributed by atoms with Gasteiger partial charge >= 0.3 is 0 Å². The summed E-state index contributed by atoms with van der Waals surface area (Å²) >= 11 is 0. The van der Waals surface area contributed by atoms with E-state index < -0.39 is 0 Å². The van der Waals surface area contributed by atoms with Crippen molar-refractivity contribution >= 4 is 0 Å². The van der Waals surface area contributed by atoms with E-state index in [1.165, 1.54) is 0 Å². The van der Waals surface area contributed by atoms with Gasteiger partial charge in [-0.2, -0.15) is 0 Å². The second-order valence-electron chi connectivity index (χ2n) is 8.44. The highest BCUT2D eigenvalue weighted by Crippen LogP contribution is 2.29. The van der Waals surface area contributed by atoms with Gasteiger partial charge < -0.3 is 0 Å². The normalized spacial score (nSPS) is 10.8. The third kappa shape index (κ3) is 4.52. The van der Waals surface area contributed by atoms with Crippen LogP contribution < -0.4 is 0 Å². The number of nitrogens with zero attached hydrogens (tertiary/aromatic N) is 4. The van der Waals surface area contributed by atoms with Crippen molar-refractivity contribution in [2.75, 3.05) is 0 Å². The quantitative estimate of drug-likeness (QED) is 0.265. The maximum atomic E-state index is 4.86. The number of pyridine rings is 1. The molecule has 170 valence electrons. The van der Waals surface area contributed by atoms with Crippen molar-refractivity contribution in [3.8, 4) is 56.4 Å². The van der Waals surface area contributed by atoms with E-state index in [2.05, 4.69) is 47.4 Å². The molecule has 0 fully saturated rings. The Bertz CT molecular complexity index is 1540. The molecule has 0 aliphatic rings. The molecule has 0 N–H and O–H groups in total. The van der Waals surface area contributed by atoms with E-state index in [0.717, 1.165) is 38.9 Å². The number of hydrogen-bond donors (Lipinski definition) is 0. The van der Waals surface area contributed by atoms with Crippen LogP contribution in [0.15, 0.2) is 134 Å². The van der Waals surface area contributed by atoms with E-state index in [-0.39, 0.29) is 0 Å². The minimum atomic E-state index is 0.650. The first-order valence-electron chi connectivity index (χ1n) is 11.8. The lowest BCUT2D eigenvalue weighted by Gasteiger charge is -2.10. The molecule has 0 spiro atoms. The van der Waals surface area contributed by atoms with Crippen LogP contribution in [0.3, 0.4) is 0 Å². The Labute approximate surface area is 210 Å². The van der Waals surface area contributed by atoms with Gasteiger partial charge in [0.1, 0.15) is 0 Å². The minimum Gasteiger partial charge on any atom is -0.264 e. The van der Waals surface area contributed by atoms with Gasteiger partial charge in [-0.15, -0.1) is 0 Å². The van der Waals surface area contributed by atoms with Crippen LogP contribution in [0.25, 0.3) is 56.4 Å².